The summed E-state index contributed by atoms with van der Waals surface area (Å²) in [4.78, 5) is 11.6. The summed E-state index contributed by atoms with van der Waals surface area (Å²) >= 11 is 5.85. The van der Waals surface area contributed by atoms with Gasteiger partial charge in [-0.1, -0.05) is 23.7 Å². The van der Waals surface area contributed by atoms with Gasteiger partial charge in [0.1, 0.15) is 11.9 Å². The van der Waals surface area contributed by atoms with Crippen LogP contribution >= 0.6 is 11.6 Å². The summed E-state index contributed by atoms with van der Waals surface area (Å²) in [7, 11) is 0. The number of hydrogen-bond acceptors (Lipinski definition) is 3. The fraction of sp³-hybridized carbons (Fsp3) is 0.176. The molecule has 0 aliphatic rings. The van der Waals surface area contributed by atoms with Crippen LogP contribution in [0.3, 0.4) is 0 Å². The molecule has 1 amide bonds. The lowest BCUT2D eigenvalue weighted by Crippen LogP contribution is -2.31. The van der Waals surface area contributed by atoms with Crippen molar-refractivity contribution in [2.24, 2.45) is 11.7 Å². The molecule has 2 aromatic rings. The molecular formula is C17H15ClFN3O. The first kappa shape index (κ1) is 16.8. The predicted octanol–water partition coefficient (Wildman–Crippen LogP) is 3.11. The van der Waals surface area contributed by atoms with Gasteiger partial charge in [0.15, 0.2) is 0 Å². The second kappa shape index (κ2) is 7.61. The highest BCUT2D eigenvalue weighted by molar-refractivity contribution is 6.30. The third-order valence-corrected chi connectivity index (χ3v) is 3.67. The standard InChI is InChI=1S/C17H15ClFN3O/c18-14-3-6-16(12(8-14)9-20)22-10-13(17(21)23)7-11-1-4-15(19)5-2-11/h1-6,8,13,22H,7,10H2,(H2,21,23). The summed E-state index contributed by atoms with van der Waals surface area (Å²) in [5, 5.41) is 12.6. The minimum atomic E-state index is -0.484. The molecule has 0 spiro atoms. The van der Waals surface area contributed by atoms with E-state index in [0.29, 0.717) is 22.7 Å². The molecular weight excluding hydrogens is 317 g/mol. The molecule has 0 bridgehead atoms. The molecule has 2 rings (SSSR count). The van der Waals surface area contributed by atoms with Crippen LogP contribution in [-0.2, 0) is 11.2 Å². The Bertz CT molecular complexity index is 740. The first-order valence-corrected chi connectivity index (χ1v) is 7.34. The molecule has 0 aromatic heterocycles. The Morgan fingerprint density at radius 3 is 2.61 bits per heavy atom. The van der Waals surface area contributed by atoms with Crippen molar-refractivity contribution in [3.8, 4) is 6.07 Å². The van der Waals surface area contributed by atoms with Crippen LogP contribution in [0.4, 0.5) is 10.1 Å². The van der Waals surface area contributed by atoms with Crippen molar-refractivity contribution in [3.63, 3.8) is 0 Å². The molecule has 0 saturated heterocycles. The molecule has 0 heterocycles. The van der Waals surface area contributed by atoms with Gasteiger partial charge < -0.3 is 11.1 Å². The second-order valence-electron chi connectivity index (χ2n) is 5.11. The minimum absolute atomic E-state index is 0.267. The zero-order valence-electron chi connectivity index (χ0n) is 12.2. The van der Waals surface area contributed by atoms with Gasteiger partial charge in [-0.05, 0) is 42.3 Å². The van der Waals surface area contributed by atoms with E-state index >= 15 is 0 Å². The third-order valence-electron chi connectivity index (χ3n) is 3.44. The molecule has 4 nitrogen and oxygen atoms in total. The van der Waals surface area contributed by atoms with Crippen molar-refractivity contribution >= 4 is 23.2 Å². The Balaban J connectivity index is 2.07. The highest BCUT2D eigenvalue weighted by Gasteiger charge is 2.16. The van der Waals surface area contributed by atoms with Gasteiger partial charge in [0.25, 0.3) is 0 Å². The van der Waals surface area contributed by atoms with E-state index in [0.717, 1.165) is 5.56 Å². The van der Waals surface area contributed by atoms with E-state index < -0.39 is 11.8 Å². The van der Waals surface area contributed by atoms with Crippen LogP contribution in [0.15, 0.2) is 42.5 Å². The number of primary amides is 1. The van der Waals surface area contributed by atoms with Gasteiger partial charge >= 0.3 is 0 Å². The van der Waals surface area contributed by atoms with Crippen molar-refractivity contribution in [1.82, 2.24) is 0 Å². The van der Waals surface area contributed by atoms with Crippen molar-refractivity contribution in [3.05, 3.63) is 64.4 Å². The van der Waals surface area contributed by atoms with E-state index in [1.54, 1.807) is 30.3 Å². The Kier molecular flexibility index (Phi) is 5.56. The van der Waals surface area contributed by atoms with Crippen molar-refractivity contribution < 1.29 is 9.18 Å². The second-order valence-corrected chi connectivity index (χ2v) is 5.55. The number of anilines is 1. The van der Waals surface area contributed by atoms with Gasteiger partial charge in [-0.3, -0.25) is 4.79 Å². The molecule has 0 radical (unpaired) electrons. The van der Waals surface area contributed by atoms with Gasteiger partial charge in [-0.25, -0.2) is 4.39 Å². The lowest BCUT2D eigenvalue weighted by atomic mass is 9.98. The molecule has 2 aromatic carbocycles. The van der Waals surface area contributed by atoms with Gasteiger partial charge in [0, 0.05) is 11.6 Å². The van der Waals surface area contributed by atoms with E-state index in [4.69, 9.17) is 22.6 Å². The number of hydrogen-bond donors (Lipinski definition) is 2. The quantitative estimate of drug-likeness (QED) is 0.853. The highest BCUT2D eigenvalue weighted by atomic mass is 35.5. The normalized spacial score (nSPS) is 11.5. The van der Waals surface area contributed by atoms with Gasteiger partial charge in [0.2, 0.25) is 5.91 Å². The van der Waals surface area contributed by atoms with Crippen molar-refractivity contribution in [2.45, 2.75) is 6.42 Å². The molecule has 0 saturated carbocycles. The number of benzene rings is 2. The summed E-state index contributed by atoms with van der Waals surface area (Å²) in [6, 6.07) is 12.8. The zero-order chi connectivity index (χ0) is 16.8. The summed E-state index contributed by atoms with van der Waals surface area (Å²) in [5.74, 6) is -1.28. The lowest BCUT2D eigenvalue weighted by Gasteiger charge is -2.16. The van der Waals surface area contributed by atoms with E-state index in [1.165, 1.54) is 12.1 Å². The number of nitrogens with one attached hydrogen (secondary N) is 1. The third kappa shape index (κ3) is 4.70. The molecule has 0 fully saturated rings. The Morgan fingerprint density at radius 2 is 2.00 bits per heavy atom. The van der Waals surface area contributed by atoms with Crippen LogP contribution in [0.25, 0.3) is 0 Å². The molecule has 0 aliphatic carbocycles. The topological polar surface area (TPSA) is 78.9 Å². The molecule has 23 heavy (non-hydrogen) atoms. The first-order chi connectivity index (χ1) is 11.0. The SMILES string of the molecule is N#Cc1cc(Cl)ccc1NCC(Cc1ccc(F)cc1)C(N)=O. The van der Waals surface area contributed by atoms with Crippen LogP contribution in [0, 0.1) is 23.1 Å². The number of carbonyl (C=O) groups excluding carboxylic acids is 1. The molecule has 3 N–H and O–H groups in total. The van der Waals surface area contributed by atoms with Crippen molar-refractivity contribution in [2.75, 3.05) is 11.9 Å². The highest BCUT2D eigenvalue weighted by Crippen LogP contribution is 2.20. The lowest BCUT2D eigenvalue weighted by molar-refractivity contribution is -0.121. The molecule has 6 heteroatoms. The summed E-state index contributed by atoms with van der Waals surface area (Å²) < 4.78 is 12.9. The fourth-order valence-electron chi connectivity index (χ4n) is 2.17. The maximum Gasteiger partial charge on any atom is 0.222 e. The first-order valence-electron chi connectivity index (χ1n) is 6.97. The molecule has 1 unspecified atom stereocenters. The molecule has 1 atom stereocenters. The maximum atomic E-state index is 12.9. The Morgan fingerprint density at radius 1 is 1.30 bits per heavy atom. The number of amides is 1. The van der Waals surface area contributed by atoms with E-state index in [-0.39, 0.29) is 12.4 Å². The van der Waals surface area contributed by atoms with Gasteiger partial charge in [0.05, 0.1) is 17.2 Å². The number of carbonyl (C=O) groups is 1. The Hall–Kier alpha value is -2.58. The van der Waals surface area contributed by atoms with E-state index in [1.807, 2.05) is 6.07 Å². The van der Waals surface area contributed by atoms with Gasteiger partial charge in [-0.2, -0.15) is 5.26 Å². The average molecular weight is 332 g/mol. The minimum Gasteiger partial charge on any atom is -0.383 e. The zero-order valence-corrected chi connectivity index (χ0v) is 13.0. The number of nitrogens with zero attached hydrogens (tertiary/aromatic N) is 1. The number of rotatable bonds is 6. The van der Waals surface area contributed by atoms with Crippen molar-refractivity contribution in [1.29, 1.82) is 5.26 Å². The molecule has 118 valence electrons. The average Bonchev–Trinajstić information content (AvgIpc) is 2.53. The molecule has 0 aliphatic heterocycles. The van der Waals surface area contributed by atoms with E-state index in [9.17, 15) is 9.18 Å². The van der Waals surface area contributed by atoms with Gasteiger partial charge in [-0.15, -0.1) is 0 Å². The maximum absolute atomic E-state index is 12.9. The Labute approximate surface area is 138 Å². The summed E-state index contributed by atoms with van der Waals surface area (Å²) in [5.41, 5.74) is 7.22. The number of nitrogens with two attached hydrogens (primary N) is 1. The predicted molar refractivity (Wildman–Crippen MR) is 87.4 cm³/mol. The fourth-order valence-corrected chi connectivity index (χ4v) is 2.35. The number of nitriles is 1. The van der Waals surface area contributed by atoms with Crippen LogP contribution < -0.4 is 11.1 Å². The summed E-state index contributed by atoms with van der Waals surface area (Å²) in [6.45, 7) is 0.267. The van der Waals surface area contributed by atoms with E-state index in [2.05, 4.69) is 5.32 Å². The monoisotopic (exact) mass is 331 g/mol. The number of halogens is 2. The van der Waals surface area contributed by atoms with Crippen LogP contribution in [0.2, 0.25) is 5.02 Å². The van der Waals surface area contributed by atoms with Crippen LogP contribution in [-0.4, -0.2) is 12.5 Å². The largest absolute Gasteiger partial charge is 0.383 e. The summed E-state index contributed by atoms with van der Waals surface area (Å²) in [6.07, 6.45) is 0.387. The van der Waals surface area contributed by atoms with Crippen LogP contribution in [0.5, 0.6) is 0 Å². The smallest absolute Gasteiger partial charge is 0.222 e. The van der Waals surface area contributed by atoms with Crippen LogP contribution in [0.1, 0.15) is 11.1 Å².